The van der Waals surface area contributed by atoms with Crippen LogP contribution in [0.25, 0.3) is 6.08 Å². The van der Waals surface area contributed by atoms with Crippen LogP contribution in [0, 0.1) is 10.1 Å². The summed E-state index contributed by atoms with van der Waals surface area (Å²) >= 11 is 0. The van der Waals surface area contributed by atoms with E-state index in [4.69, 9.17) is 5.73 Å². The third-order valence-electron chi connectivity index (χ3n) is 1.30. The van der Waals surface area contributed by atoms with Crippen LogP contribution in [0.1, 0.15) is 5.56 Å². The van der Waals surface area contributed by atoms with Crippen LogP contribution in [0.15, 0.2) is 30.5 Å². The van der Waals surface area contributed by atoms with E-state index >= 15 is 0 Å². The summed E-state index contributed by atoms with van der Waals surface area (Å²) in [4.78, 5) is 9.43. The van der Waals surface area contributed by atoms with Crippen molar-refractivity contribution in [3.8, 4) is 0 Å². The average molecular weight is 164 g/mol. The molecule has 0 aliphatic carbocycles. The van der Waals surface area contributed by atoms with Crippen LogP contribution in [0.5, 0.6) is 0 Å². The van der Waals surface area contributed by atoms with Gasteiger partial charge in [0.1, 0.15) is 0 Å². The third-order valence-corrected chi connectivity index (χ3v) is 1.30. The second kappa shape index (κ2) is 3.52. The van der Waals surface area contributed by atoms with Crippen LogP contribution in [0.2, 0.25) is 0 Å². The van der Waals surface area contributed by atoms with Crippen LogP contribution < -0.4 is 5.73 Å². The van der Waals surface area contributed by atoms with E-state index in [0.29, 0.717) is 5.69 Å². The minimum atomic E-state index is -0.511. The highest BCUT2D eigenvalue weighted by Gasteiger charge is 1.90. The molecule has 0 bridgehead atoms. The molecule has 0 spiro atoms. The van der Waals surface area contributed by atoms with E-state index in [1.54, 1.807) is 24.3 Å². The molecule has 2 N–H and O–H groups in total. The molecule has 4 nitrogen and oxygen atoms in total. The zero-order chi connectivity index (χ0) is 8.97. The monoisotopic (exact) mass is 164 g/mol. The Morgan fingerprint density at radius 2 is 2.25 bits per heavy atom. The van der Waals surface area contributed by atoms with Crippen LogP contribution in [0.4, 0.5) is 5.69 Å². The van der Waals surface area contributed by atoms with E-state index in [1.807, 2.05) is 0 Å². The fourth-order valence-electron chi connectivity index (χ4n) is 0.810. The number of nitrogens with two attached hydrogens (primary N) is 1. The van der Waals surface area contributed by atoms with Gasteiger partial charge in [-0.15, -0.1) is 0 Å². The first kappa shape index (κ1) is 8.26. The van der Waals surface area contributed by atoms with E-state index in [1.165, 1.54) is 6.08 Å². The van der Waals surface area contributed by atoms with Crippen LogP contribution >= 0.6 is 0 Å². The third kappa shape index (κ3) is 2.42. The summed E-state index contributed by atoms with van der Waals surface area (Å²) in [5.74, 6) is 0. The molecule has 0 unspecified atom stereocenters. The molecule has 0 aliphatic rings. The van der Waals surface area contributed by atoms with Crippen LogP contribution in [-0.2, 0) is 0 Å². The lowest BCUT2D eigenvalue weighted by molar-refractivity contribution is -0.400. The van der Waals surface area contributed by atoms with Crippen molar-refractivity contribution in [1.82, 2.24) is 0 Å². The zero-order valence-corrected chi connectivity index (χ0v) is 6.31. The Balaban J connectivity index is 2.83. The Bertz CT molecular complexity index is 321. The van der Waals surface area contributed by atoms with Gasteiger partial charge in [-0.25, -0.2) is 0 Å². The first-order valence-corrected chi connectivity index (χ1v) is 3.36. The summed E-state index contributed by atoms with van der Waals surface area (Å²) in [6.07, 6.45) is 2.28. The minimum absolute atomic E-state index is 0.511. The summed E-state index contributed by atoms with van der Waals surface area (Å²) in [7, 11) is 0. The predicted molar refractivity (Wildman–Crippen MR) is 46.9 cm³/mol. The Labute approximate surface area is 69.5 Å². The normalized spacial score (nSPS) is 10.3. The number of anilines is 1. The molecule has 0 aliphatic heterocycles. The van der Waals surface area contributed by atoms with Gasteiger partial charge in [-0.2, -0.15) is 0 Å². The molecule has 0 fully saturated rings. The zero-order valence-electron chi connectivity index (χ0n) is 6.31. The molecular formula is C8H8N2O2. The van der Waals surface area contributed by atoms with E-state index in [-0.39, 0.29) is 0 Å². The summed E-state index contributed by atoms with van der Waals surface area (Å²) in [6, 6.07) is 6.88. The first-order valence-electron chi connectivity index (χ1n) is 3.36. The topological polar surface area (TPSA) is 69.2 Å². The van der Waals surface area contributed by atoms with Crippen LogP contribution in [-0.4, -0.2) is 4.92 Å². The van der Waals surface area contributed by atoms with Gasteiger partial charge < -0.3 is 5.73 Å². The molecular weight excluding hydrogens is 156 g/mol. The highest BCUT2D eigenvalue weighted by atomic mass is 16.6. The van der Waals surface area contributed by atoms with Gasteiger partial charge in [-0.1, -0.05) is 12.1 Å². The maximum absolute atomic E-state index is 9.95. The molecule has 0 aromatic heterocycles. The highest BCUT2D eigenvalue weighted by Crippen LogP contribution is 2.07. The Morgan fingerprint density at radius 1 is 1.50 bits per heavy atom. The van der Waals surface area contributed by atoms with Gasteiger partial charge in [0.25, 0.3) is 0 Å². The number of nitro groups is 1. The van der Waals surface area contributed by atoms with E-state index < -0.39 is 4.92 Å². The van der Waals surface area contributed by atoms with Gasteiger partial charge >= 0.3 is 0 Å². The van der Waals surface area contributed by atoms with Crippen molar-refractivity contribution < 1.29 is 4.92 Å². The molecule has 1 aromatic carbocycles. The van der Waals surface area contributed by atoms with Crippen molar-refractivity contribution in [1.29, 1.82) is 0 Å². The molecule has 1 aromatic rings. The number of hydrogen-bond donors (Lipinski definition) is 1. The van der Waals surface area contributed by atoms with E-state index in [0.717, 1.165) is 11.8 Å². The van der Waals surface area contributed by atoms with Gasteiger partial charge in [-0.3, -0.25) is 10.1 Å². The Hall–Kier alpha value is -1.84. The summed E-state index contributed by atoms with van der Waals surface area (Å²) in [5.41, 5.74) is 6.79. The average Bonchev–Trinajstić information content (AvgIpc) is 2.01. The molecule has 0 radical (unpaired) electrons. The van der Waals surface area contributed by atoms with E-state index in [9.17, 15) is 10.1 Å². The number of nitrogens with zero attached hydrogens (tertiary/aromatic N) is 1. The summed E-state index contributed by atoms with van der Waals surface area (Å²) in [6.45, 7) is 0. The number of benzene rings is 1. The Morgan fingerprint density at radius 3 is 2.83 bits per heavy atom. The molecule has 0 atom stereocenters. The maximum atomic E-state index is 9.95. The maximum Gasteiger partial charge on any atom is 0.235 e. The molecule has 62 valence electrons. The first-order chi connectivity index (χ1) is 5.68. The van der Waals surface area contributed by atoms with Crippen molar-refractivity contribution >= 4 is 11.8 Å². The SMILES string of the molecule is Nc1cccc(C=C[N+](=O)[O-])c1. The molecule has 12 heavy (non-hydrogen) atoms. The van der Waals surface area contributed by atoms with Crippen LogP contribution in [0.3, 0.4) is 0 Å². The molecule has 1 rings (SSSR count). The molecule has 0 amide bonds. The van der Waals surface area contributed by atoms with E-state index in [2.05, 4.69) is 0 Å². The van der Waals surface area contributed by atoms with Crippen molar-refractivity contribution in [2.75, 3.05) is 5.73 Å². The predicted octanol–water partition coefficient (Wildman–Crippen LogP) is 1.52. The lowest BCUT2D eigenvalue weighted by atomic mass is 10.2. The van der Waals surface area contributed by atoms with Crippen molar-refractivity contribution in [3.05, 3.63) is 46.1 Å². The van der Waals surface area contributed by atoms with Crippen molar-refractivity contribution in [2.45, 2.75) is 0 Å². The second-order valence-electron chi connectivity index (χ2n) is 2.27. The largest absolute Gasteiger partial charge is 0.399 e. The molecule has 4 heteroatoms. The van der Waals surface area contributed by atoms with Gasteiger partial charge in [-0.05, 0) is 17.7 Å². The lowest BCUT2D eigenvalue weighted by Crippen LogP contribution is -1.85. The number of rotatable bonds is 2. The highest BCUT2D eigenvalue weighted by molar-refractivity contribution is 5.54. The fourth-order valence-corrected chi connectivity index (χ4v) is 0.810. The lowest BCUT2D eigenvalue weighted by Gasteiger charge is -1.92. The van der Waals surface area contributed by atoms with Gasteiger partial charge in [0.15, 0.2) is 0 Å². The second-order valence-corrected chi connectivity index (χ2v) is 2.27. The van der Waals surface area contributed by atoms with Gasteiger partial charge in [0, 0.05) is 11.8 Å². The standard InChI is InChI=1S/C8H8N2O2/c9-8-3-1-2-7(6-8)4-5-10(11)12/h1-6H,9H2. The quantitative estimate of drug-likeness (QED) is 0.409. The fraction of sp³-hybridized carbons (Fsp3) is 0. The van der Waals surface area contributed by atoms with Crippen molar-refractivity contribution in [2.24, 2.45) is 0 Å². The smallest absolute Gasteiger partial charge is 0.235 e. The number of hydrogen-bond acceptors (Lipinski definition) is 3. The molecule has 0 saturated heterocycles. The molecule has 0 saturated carbocycles. The molecule has 0 heterocycles. The number of nitrogen functional groups attached to an aromatic ring is 1. The van der Waals surface area contributed by atoms with Crippen molar-refractivity contribution in [3.63, 3.8) is 0 Å². The van der Waals surface area contributed by atoms with Gasteiger partial charge in [0.2, 0.25) is 6.20 Å². The Kier molecular flexibility index (Phi) is 2.42. The minimum Gasteiger partial charge on any atom is -0.399 e. The van der Waals surface area contributed by atoms with Gasteiger partial charge in [0.05, 0.1) is 4.92 Å². The summed E-state index contributed by atoms with van der Waals surface area (Å²) < 4.78 is 0. The summed E-state index contributed by atoms with van der Waals surface area (Å²) in [5, 5.41) is 9.95.